The fourth-order valence-corrected chi connectivity index (χ4v) is 5.87. The molecule has 4 rings (SSSR count). The van der Waals surface area contributed by atoms with Crippen LogP contribution in [-0.2, 0) is 24.2 Å². The van der Waals surface area contributed by atoms with E-state index in [4.69, 9.17) is 14.5 Å². The van der Waals surface area contributed by atoms with Crippen LogP contribution in [0.5, 0.6) is 11.5 Å². The first-order chi connectivity index (χ1) is 17.0. The van der Waals surface area contributed by atoms with Crippen molar-refractivity contribution in [3.05, 3.63) is 75.7 Å². The molecule has 3 aromatic rings. The number of amides is 1. The van der Waals surface area contributed by atoms with E-state index in [0.717, 1.165) is 28.1 Å². The summed E-state index contributed by atoms with van der Waals surface area (Å²) in [5, 5.41) is 3.87. The molecule has 2 heterocycles. The van der Waals surface area contributed by atoms with Crippen molar-refractivity contribution < 1.29 is 14.3 Å². The smallest absolute Gasteiger partial charge is 0.268 e. The zero-order valence-electron chi connectivity index (χ0n) is 20.1. The number of hydrogen-bond donors (Lipinski definition) is 1. The van der Waals surface area contributed by atoms with Crippen LogP contribution in [0.25, 0.3) is 0 Å². The second kappa shape index (κ2) is 11.7. The lowest BCUT2D eigenvalue weighted by Gasteiger charge is -2.14. The third-order valence-corrected chi connectivity index (χ3v) is 7.85. The molecule has 0 radical (unpaired) electrons. The van der Waals surface area contributed by atoms with Crippen LogP contribution in [0.1, 0.15) is 23.7 Å². The van der Waals surface area contributed by atoms with Gasteiger partial charge in [0.05, 0.1) is 37.1 Å². The second-order valence-electron chi connectivity index (χ2n) is 8.26. The molecule has 2 aromatic carbocycles. The van der Waals surface area contributed by atoms with E-state index in [0.29, 0.717) is 41.4 Å². The highest BCUT2D eigenvalue weighted by Crippen LogP contribution is 2.34. The molecule has 1 aliphatic heterocycles. The van der Waals surface area contributed by atoms with Crippen LogP contribution in [-0.4, -0.2) is 47.2 Å². The molecule has 1 amide bonds. The molecule has 0 bridgehead atoms. The minimum Gasteiger partial charge on any atom is -0.493 e. The van der Waals surface area contributed by atoms with Gasteiger partial charge in [-0.25, -0.2) is 4.98 Å². The third kappa shape index (κ3) is 6.21. The molecule has 1 aliphatic rings. The largest absolute Gasteiger partial charge is 0.493 e. The Labute approximate surface area is 213 Å². The number of ether oxygens (including phenoxy) is 2. The molecule has 184 valence electrons. The highest BCUT2D eigenvalue weighted by Gasteiger charge is 2.26. The molecule has 0 spiro atoms. The Morgan fingerprint density at radius 1 is 1.14 bits per heavy atom. The molecule has 1 N–H and O–H groups in total. The Hall–Kier alpha value is -2.91. The lowest BCUT2D eigenvalue weighted by atomic mass is 10.1. The number of methoxy groups -OCH3 is 2. The van der Waals surface area contributed by atoms with Crippen LogP contribution < -0.4 is 20.3 Å². The van der Waals surface area contributed by atoms with Gasteiger partial charge in [0, 0.05) is 18.2 Å². The third-order valence-electron chi connectivity index (χ3n) is 5.66. The summed E-state index contributed by atoms with van der Waals surface area (Å²) in [5.41, 5.74) is 2.88. The average molecular weight is 512 g/mol. The summed E-state index contributed by atoms with van der Waals surface area (Å²) < 4.78 is 12.3. The van der Waals surface area contributed by atoms with E-state index in [1.165, 1.54) is 11.8 Å². The summed E-state index contributed by atoms with van der Waals surface area (Å²) in [6.45, 7) is 3.03. The maximum atomic E-state index is 13.3. The first-order valence-corrected chi connectivity index (χ1v) is 13.3. The number of benzene rings is 2. The highest BCUT2D eigenvalue weighted by atomic mass is 32.2. The minimum absolute atomic E-state index is 0.0236. The van der Waals surface area contributed by atoms with E-state index in [1.54, 1.807) is 30.5 Å². The zero-order valence-corrected chi connectivity index (χ0v) is 21.7. The first-order valence-electron chi connectivity index (χ1n) is 11.4. The monoisotopic (exact) mass is 511 g/mol. The van der Waals surface area contributed by atoms with Gasteiger partial charge in [-0.2, -0.15) is 0 Å². The molecular formula is C26H29N3O4S2. The maximum Gasteiger partial charge on any atom is 0.268 e. The van der Waals surface area contributed by atoms with Crippen LogP contribution in [0, 0.1) is 0 Å². The molecular weight excluding hydrogens is 482 g/mol. The quantitative estimate of drug-likeness (QED) is 0.328. The van der Waals surface area contributed by atoms with E-state index in [2.05, 4.69) is 12.2 Å². The molecule has 1 unspecified atom stereocenters. The predicted octanol–water partition coefficient (Wildman–Crippen LogP) is 3.80. The second-order valence-corrected chi connectivity index (χ2v) is 10.6. The SMILES string of the molecule is COc1ccc(CCNC(=O)CSc2nc3c(c(=O)n2Cc2ccccc2)SC(C)C3)cc1OC. The number of carbonyl (C=O) groups is 1. The normalized spacial score (nSPS) is 14.4. The molecule has 1 atom stereocenters. The van der Waals surface area contributed by atoms with Gasteiger partial charge in [0.1, 0.15) is 0 Å². The molecule has 0 saturated heterocycles. The molecule has 35 heavy (non-hydrogen) atoms. The first kappa shape index (κ1) is 25.2. The van der Waals surface area contributed by atoms with E-state index >= 15 is 0 Å². The van der Waals surface area contributed by atoms with Crippen LogP contribution >= 0.6 is 23.5 Å². The van der Waals surface area contributed by atoms with Crippen molar-refractivity contribution in [1.82, 2.24) is 14.9 Å². The van der Waals surface area contributed by atoms with Gasteiger partial charge in [0.25, 0.3) is 5.56 Å². The van der Waals surface area contributed by atoms with E-state index in [1.807, 2.05) is 48.5 Å². The summed E-state index contributed by atoms with van der Waals surface area (Å²) in [4.78, 5) is 31.4. The summed E-state index contributed by atoms with van der Waals surface area (Å²) >= 11 is 2.90. The topological polar surface area (TPSA) is 82.5 Å². The fraction of sp³-hybridized carbons (Fsp3) is 0.346. The lowest BCUT2D eigenvalue weighted by molar-refractivity contribution is -0.118. The van der Waals surface area contributed by atoms with Gasteiger partial charge in [-0.15, -0.1) is 11.8 Å². The Morgan fingerprint density at radius 3 is 2.66 bits per heavy atom. The molecule has 1 aromatic heterocycles. The number of nitrogens with one attached hydrogen (secondary N) is 1. The van der Waals surface area contributed by atoms with Gasteiger partial charge >= 0.3 is 0 Å². The Kier molecular flexibility index (Phi) is 8.41. The Balaban J connectivity index is 1.40. The van der Waals surface area contributed by atoms with Gasteiger partial charge in [-0.3, -0.25) is 14.2 Å². The van der Waals surface area contributed by atoms with Crippen LogP contribution in [0.4, 0.5) is 0 Å². The van der Waals surface area contributed by atoms with Crippen molar-refractivity contribution in [2.45, 2.75) is 41.6 Å². The number of thioether (sulfide) groups is 2. The molecule has 0 fully saturated rings. The zero-order chi connectivity index (χ0) is 24.8. The van der Waals surface area contributed by atoms with E-state index in [9.17, 15) is 9.59 Å². The Morgan fingerprint density at radius 2 is 1.91 bits per heavy atom. The van der Waals surface area contributed by atoms with Gasteiger partial charge in [-0.05, 0) is 29.7 Å². The molecule has 9 heteroatoms. The van der Waals surface area contributed by atoms with Crippen molar-refractivity contribution in [3.8, 4) is 11.5 Å². The number of hydrogen-bond acceptors (Lipinski definition) is 7. The maximum absolute atomic E-state index is 13.3. The lowest BCUT2D eigenvalue weighted by Crippen LogP contribution is -2.29. The Bertz CT molecular complexity index is 1250. The van der Waals surface area contributed by atoms with Crippen LogP contribution in [0.15, 0.2) is 63.4 Å². The average Bonchev–Trinajstić information content (AvgIpc) is 3.25. The predicted molar refractivity (Wildman–Crippen MR) is 140 cm³/mol. The standard InChI is InChI=1S/C26H29N3O4S2/c1-17-13-20-24(35-17)25(31)29(15-19-7-5-4-6-8-19)26(28-20)34-16-23(30)27-12-11-18-9-10-21(32-2)22(14-18)33-3/h4-10,14,17H,11-13,15-16H2,1-3H3,(H,27,30). The highest BCUT2D eigenvalue weighted by molar-refractivity contribution is 8.00. The molecule has 0 saturated carbocycles. The van der Waals surface area contributed by atoms with Crippen molar-refractivity contribution in [1.29, 1.82) is 0 Å². The van der Waals surface area contributed by atoms with Crippen LogP contribution in [0.2, 0.25) is 0 Å². The molecule has 0 aliphatic carbocycles. The van der Waals surface area contributed by atoms with E-state index in [-0.39, 0.29) is 17.2 Å². The number of rotatable bonds is 10. The number of nitrogens with zero attached hydrogens (tertiary/aromatic N) is 2. The number of carbonyl (C=O) groups excluding carboxylic acids is 1. The summed E-state index contributed by atoms with van der Waals surface area (Å²) in [6.07, 6.45) is 1.44. The summed E-state index contributed by atoms with van der Waals surface area (Å²) in [5.74, 6) is 1.43. The van der Waals surface area contributed by atoms with Gasteiger partial charge in [0.2, 0.25) is 5.91 Å². The van der Waals surface area contributed by atoms with Crippen molar-refractivity contribution in [2.75, 3.05) is 26.5 Å². The molecule has 7 nitrogen and oxygen atoms in total. The summed E-state index contributed by atoms with van der Waals surface area (Å²) in [7, 11) is 3.20. The van der Waals surface area contributed by atoms with Gasteiger partial charge < -0.3 is 14.8 Å². The summed E-state index contributed by atoms with van der Waals surface area (Å²) in [6, 6.07) is 15.6. The van der Waals surface area contributed by atoms with Crippen molar-refractivity contribution >= 4 is 29.4 Å². The van der Waals surface area contributed by atoms with Gasteiger partial charge in [-0.1, -0.05) is 55.1 Å². The van der Waals surface area contributed by atoms with Crippen molar-refractivity contribution in [2.24, 2.45) is 0 Å². The fourth-order valence-electron chi connectivity index (χ4n) is 3.91. The minimum atomic E-state index is -0.0979. The van der Waals surface area contributed by atoms with Crippen LogP contribution in [0.3, 0.4) is 0 Å². The van der Waals surface area contributed by atoms with Gasteiger partial charge in [0.15, 0.2) is 16.7 Å². The van der Waals surface area contributed by atoms with E-state index < -0.39 is 0 Å². The number of aromatic nitrogens is 2. The number of fused-ring (bicyclic) bond motifs is 1. The van der Waals surface area contributed by atoms with Crippen molar-refractivity contribution in [3.63, 3.8) is 0 Å².